The maximum absolute atomic E-state index is 12.9. The first-order valence-electron chi connectivity index (χ1n) is 5.21. The van der Waals surface area contributed by atoms with Crippen LogP contribution in [0.2, 0.25) is 0 Å². The summed E-state index contributed by atoms with van der Waals surface area (Å²) in [7, 11) is 0. The van der Waals surface area contributed by atoms with Crippen molar-refractivity contribution in [1.82, 2.24) is 15.3 Å². The number of fused-ring (bicyclic) bond motifs is 1. The van der Waals surface area contributed by atoms with Crippen LogP contribution in [0.4, 0.5) is 10.2 Å². The Hall–Kier alpha value is -1.75. The van der Waals surface area contributed by atoms with Gasteiger partial charge >= 0.3 is 0 Å². The fourth-order valence-electron chi connectivity index (χ4n) is 1.83. The highest BCUT2D eigenvalue weighted by Gasteiger charge is 2.13. The summed E-state index contributed by atoms with van der Waals surface area (Å²) in [5.41, 5.74) is 1.32. The van der Waals surface area contributed by atoms with E-state index < -0.39 is 0 Å². The average molecular weight is 218 g/mol. The summed E-state index contributed by atoms with van der Waals surface area (Å²) in [5, 5.41) is 3.23. The van der Waals surface area contributed by atoms with Crippen LogP contribution in [-0.2, 0) is 0 Å². The van der Waals surface area contributed by atoms with Crippen molar-refractivity contribution in [3.8, 4) is 0 Å². The van der Waals surface area contributed by atoms with Gasteiger partial charge in [-0.25, -0.2) is 9.37 Å². The van der Waals surface area contributed by atoms with Gasteiger partial charge in [0.05, 0.1) is 23.9 Å². The Morgan fingerprint density at radius 1 is 1.31 bits per heavy atom. The molecule has 16 heavy (non-hydrogen) atoms. The van der Waals surface area contributed by atoms with Crippen LogP contribution < -0.4 is 10.2 Å². The Morgan fingerprint density at radius 3 is 3.06 bits per heavy atom. The second-order valence-electron chi connectivity index (χ2n) is 3.78. The summed E-state index contributed by atoms with van der Waals surface area (Å²) in [5.74, 6) is 0.557. The molecule has 0 radical (unpaired) electrons. The van der Waals surface area contributed by atoms with E-state index in [4.69, 9.17) is 0 Å². The van der Waals surface area contributed by atoms with Crippen molar-refractivity contribution in [3.63, 3.8) is 0 Å². The molecule has 1 N–H and O–H groups in total. The zero-order chi connectivity index (χ0) is 11.0. The number of rotatable bonds is 1. The number of benzene rings is 1. The standard InChI is InChI=1S/C11H11FN4/c12-8-1-2-9-10(5-8)14-6-11(15-9)16-4-3-13-7-16/h1-2,5-6,13H,3-4,7H2. The first-order valence-corrected chi connectivity index (χ1v) is 5.21. The van der Waals surface area contributed by atoms with E-state index in [1.54, 1.807) is 12.3 Å². The molecule has 82 valence electrons. The predicted octanol–water partition coefficient (Wildman–Crippen LogP) is 1.14. The highest BCUT2D eigenvalue weighted by atomic mass is 19.1. The molecule has 0 bridgehead atoms. The number of hydrogen-bond donors (Lipinski definition) is 1. The van der Waals surface area contributed by atoms with Gasteiger partial charge < -0.3 is 4.90 Å². The van der Waals surface area contributed by atoms with Gasteiger partial charge in [-0.1, -0.05) is 0 Å². The number of anilines is 1. The average Bonchev–Trinajstić information content (AvgIpc) is 2.82. The van der Waals surface area contributed by atoms with E-state index in [9.17, 15) is 4.39 Å². The minimum absolute atomic E-state index is 0.280. The monoisotopic (exact) mass is 218 g/mol. The lowest BCUT2D eigenvalue weighted by atomic mass is 10.3. The zero-order valence-corrected chi connectivity index (χ0v) is 8.65. The molecule has 0 spiro atoms. The molecule has 1 aliphatic heterocycles. The van der Waals surface area contributed by atoms with Crippen LogP contribution in [0, 0.1) is 5.82 Å². The van der Waals surface area contributed by atoms with Crippen molar-refractivity contribution in [2.45, 2.75) is 0 Å². The van der Waals surface area contributed by atoms with Gasteiger partial charge in [-0.15, -0.1) is 0 Å². The van der Waals surface area contributed by atoms with Crippen molar-refractivity contribution in [1.29, 1.82) is 0 Å². The molecule has 0 amide bonds. The molecule has 4 nitrogen and oxygen atoms in total. The van der Waals surface area contributed by atoms with Gasteiger partial charge in [-0.3, -0.25) is 10.3 Å². The molecule has 0 atom stereocenters. The Morgan fingerprint density at radius 2 is 2.25 bits per heavy atom. The highest BCUT2D eigenvalue weighted by Crippen LogP contribution is 2.16. The molecule has 1 aromatic carbocycles. The third kappa shape index (κ3) is 1.59. The first kappa shape index (κ1) is 9.47. The SMILES string of the molecule is Fc1ccc2nc(N3CCNC3)cnc2c1. The van der Waals surface area contributed by atoms with Crippen LogP contribution in [0.1, 0.15) is 0 Å². The quantitative estimate of drug-likeness (QED) is 0.779. The topological polar surface area (TPSA) is 41.1 Å². The van der Waals surface area contributed by atoms with Crippen molar-refractivity contribution in [3.05, 3.63) is 30.2 Å². The van der Waals surface area contributed by atoms with Crippen LogP contribution in [0.15, 0.2) is 24.4 Å². The summed E-state index contributed by atoms with van der Waals surface area (Å²) in [4.78, 5) is 10.8. The summed E-state index contributed by atoms with van der Waals surface area (Å²) in [6.07, 6.45) is 1.69. The zero-order valence-electron chi connectivity index (χ0n) is 8.65. The fraction of sp³-hybridized carbons (Fsp3) is 0.273. The minimum Gasteiger partial charge on any atom is -0.341 e. The molecular formula is C11H11FN4. The highest BCUT2D eigenvalue weighted by molar-refractivity contribution is 5.75. The van der Waals surface area contributed by atoms with Gasteiger partial charge in [-0.2, -0.15) is 0 Å². The molecule has 5 heteroatoms. The van der Waals surface area contributed by atoms with Gasteiger partial charge in [-0.05, 0) is 12.1 Å². The van der Waals surface area contributed by atoms with Gasteiger partial charge in [0, 0.05) is 19.2 Å². The smallest absolute Gasteiger partial charge is 0.148 e. The number of nitrogens with zero attached hydrogens (tertiary/aromatic N) is 3. The Balaban J connectivity index is 2.05. The summed E-state index contributed by atoms with van der Waals surface area (Å²) < 4.78 is 12.9. The van der Waals surface area contributed by atoms with Crippen LogP contribution in [0.3, 0.4) is 0 Å². The first-order chi connectivity index (χ1) is 7.83. The summed E-state index contributed by atoms with van der Waals surface area (Å²) in [6.45, 7) is 2.69. The molecule has 1 aliphatic rings. The maximum Gasteiger partial charge on any atom is 0.148 e. The molecule has 0 unspecified atom stereocenters. The Bertz CT molecular complexity index is 522. The normalized spacial score (nSPS) is 15.9. The molecule has 2 heterocycles. The molecule has 0 aliphatic carbocycles. The summed E-state index contributed by atoms with van der Waals surface area (Å²) >= 11 is 0. The van der Waals surface area contributed by atoms with E-state index in [0.717, 1.165) is 31.1 Å². The fourth-order valence-corrected chi connectivity index (χ4v) is 1.83. The lowest BCUT2D eigenvalue weighted by Gasteiger charge is -2.14. The lowest BCUT2D eigenvalue weighted by Crippen LogP contribution is -2.22. The minimum atomic E-state index is -0.280. The van der Waals surface area contributed by atoms with E-state index in [-0.39, 0.29) is 5.82 Å². The van der Waals surface area contributed by atoms with Crippen LogP contribution in [0.25, 0.3) is 11.0 Å². The van der Waals surface area contributed by atoms with E-state index in [1.165, 1.54) is 12.1 Å². The largest absolute Gasteiger partial charge is 0.341 e. The van der Waals surface area contributed by atoms with E-state index >= 15 is 0 Å². The third-order valence-electron chi connectivity index (χ3n) is 2.68. The van der Waals surface area contributed by atoms with Crippen LogP contribution in [0.5, 0.6) is 0 Å². The van der Waals surface area contributed by atoms with Crippen LogP contribution in [-0.4, -0.2) is 29.7 Å². The molecule has 1 fully saturated rings. The van der Waals surface area contributed by atoms with Gasteiger partial charge in [0.1, 0.15) is 11.6 Å². The van der Waals surface area contributed by atoms with Gasteiger partial charge in [0.15, 0.2) is 0 Å². The summed E-state index contributed by atoms with van der Waals surface area (Å²) in [6, 6.07) is 4.46. The number of halogens is 1. The molecular weight excluding hydrogens is 207 g/mol. The predicted molar refractivity (Wildman–Crippen MR) is 59.7 cm³/mol. The van der Waals surface area contributed by atoms with Crippen molar-refractivity contribution in [2.24, 2.45) is 0 Å². The van der Waals surface area contributed by atoms with Crippen molar-refractivity contribution in [2.75, 3.05) is 24.7 Å². The molecule has 2 aromatic rings. The lowest BCUT2D eigenvalue weighted by molar-refractivity contribution is 0.629. The number of nitrogens with one attached hydrogen (secondary N) is 1. The number of hydrogen-bond acceptors (Lipinski definition) is 4. The molecule has 1 saturated heterocycles. The van der Waals surface area contributed by atoms with Crippen molar-refractivity contribution >= 4 is 16.9 Å². The third-order valence-corrected chi connectivity index (χ3v) is 2.68. The van der Waals surface area contributed by atoms with Crippen LogP contribution >= 0.6 is 0 Å². The number of aromatic nitrogens is 2. The maximum atomic E-state index is 12.9. The van der Waals surface area contributed by atoms with E-state index in [2.05, 4.69) is 20.2 Å². The second-order valence-corrected chi connectivity index (χ2v) is 3.78. The van der Waals surface area contributed by atoms with E-state index in [1.807, 2.05) is 0 Å². The molecule has 1 aromatic heterocycles. The molecule has 3 rings (SSSR count). The second kappa shape index (κ2) is 3.68. The van der Waals surface area contributed by atoms with Gasteiger partial charge in [0.25, 0.3) is 0 Å². The Labute approximate surface area is 92.1 Å². The van der Waals surface area contributed by atoms with E-state index in [0.29, 0.717) is 5.52 Å². The molecule has 0 saturated carbocycles. The van der Waals surface area contributed by atoms with Gasteiger partial charge in [0.2, 0.25) is 0 Å². The van der Waals surface area contributed by atoms with Crippen molar-refractivity contribution < 1.29 is 4.39 Å². The Kier molecular flexibility index (Phi) is 2.18.